The van der Waals surface area contributed by atoms with E-state index in [1.54, 1.807) is 0 Å². The zero-order chi connectivity index (χ0) is 48.0. The normalized spacial score (nSPS) is 15.9. The third-order valence-corrected chi connectivity index (χ3v) is 22.2. The van der Waals surface area contributed by atoms with Gasteiger partial charge in [0.05, 0.1) is 0 Å². The minimum absolute atomic E-state index is 0.121. The first-order valence-electron chi connectivity index (χ1n) is 25.4. The predicted molar refractivity (Wildman–Crippen MR) is 302 cm³/mol. The molecule has 0 unspecified atom stereocenters. The molecule has 3 aliphatic carbocycles. The van der Waals surface area contributed by atoms with Crippen LogP contribution in [0.1, 0.15) is 74.9 Å². The molecule has 10 aromatic rings. The third kappa shape index (κ3) is 5.74. The maximum atomic E-state index is 2.53. The summed E-state index contributed by atoms with van der Waals surface area (Å²) >= 11 is 0. The Bertz CT molecular complexity index is 3720. The highest BCUT2D eigenvalue weighted by Gasteiger charge is 2.49. The maximum Gasteiger partial charge on any atom is 0.180 e. The van der Waals surface area contributed by atoms with Crippen LogP contribution in [-0.4, -0.2) is 8.07 Å². The monoisotopic (exact) mass is 925 g/mol. The van der Waals surface area contributed by atoms with Gasteiger partial charge in [0.25, 0.3) is 0 Å². The minimum atomic E-state index is -2.63. The molecule has 10 aromatic carbocycles. The van der Waals surface area contributed by atoms with Gasteiger partial charge in [0.15, 0.2) is 8.07 Å². The van der Waals surface area contributed by atoms with Crippen molar-refractivity contribution < 1.29 is 0 Å². The lowest BCUT2D eigenvalue weighted by Gasteiger charge is -2.31. The van der Waals surface area contributed by atoms with Crippen LogP contribution >= 0.6 is 0 Å². The molecular weight excluding hydrogens is 871 g/mol. The van der Waals surface area contributed by atoms with E-state index in [2.05, 4.69) is 271 Å². The van der Waals surface area contributed by atoms with Crippen molar-refractivity contribution >= 4 is 45.9 Å². The Kier molecular flexibility index (Phi) is 8.82. The van der Waals surface area contributed by atoms with Crippen LogP contribution in [0.15, 0.2) is 224 Å². The molecule has 0 N–H and O–H groups in total. The Balaban J connectivity index is 0.904. The second kappa shape index (κ2) is 14.9. The predicted octanol–water partition coefficient (Wildman–Crippen LogP) is 15.1. The average molecular weight is 926 g/mol. The van der Waals surface area contributed by atoms with Crippen molar-refractivity contribution in [2.75, 3.05) is 4.90 Å². The van der Waals surface area contributed by atoms with Crippen molar-refractivity contribution in [2.45, 2.75) is 57.8 Å². The second-order valence-electron chi connectivity index (χ2n) is 22.0. The van der Waals surface area contributed by atoms with E-state index in [9.17, 15) is 0 Å². The van der Waals surface area contributed by atoms with Crippen LogP contribution in [0.5, 0.6) is 0 Å². The Labute approximate surface area is 419 Å². The van der Waals surface area contributed by atoms with Gasteiger partial charge in [0.1, 0.15) is 0 Å². The lowest BCUT2D eigenvalue weighted by molar-refractivity contribution is 0.659. The van der Waals surface area contributed by atoms with Gasteiger partial charge in [-0.05, 0) is 152 Å². The van der Waals surface area contributed by atoms with E-state index in [1.165, 1.54) is 127 Å². The number of anilines is 3. The molecule has 1 aliphatic heterocycles. The summed E-state index contributed by atoms with van der Waals surface area (Å²) in [4.78, 5) is 2.52. The van der Waals surface area contributed by atoms with E-state index in [-0.39, 0.29) is 16.2 Å². The molecule has 0 saturated carbocycles. The molecule has 1 nitrogen and oxygen atoms in total. The second-order valence-corrected chi connectivity index (χ2v) is 25.8. The van der Waals surface area contributed by atoms with E-state index < -0.39 is 8.07 Å². The maximum absolute atomic E-state index is 2.63. The number of nitrogens with zero attached hydrogens (tertiary/aromatic N) is 1. The van der Waals surface area contributed by atoms with Crippen LogP contribution < -0.4 is 25.6 Å². The number of hydrogen-bond donors (Lipinski definition) is 0. The largest absolute Gasteiger partial charge is 0.310 e. The van der Waals surface area contributed by atoms with E-state index in [0.29, 0.717) is 0 Å². The number of hydrogen-bond acceptors (Lipinski definition) is 1. The molecule has 0 fully saturated rings. The van der Waals surface area contributed by atoms with Crippen molar-refractivity contribution in [2.24, 2.45) is 0 Å². The molecule has 0 aromatic heterocycles. The van der Waals surface area contributed by atoms with Gasteiger partial charge in [-0.2, -0.15) is 0 Å². The number of benzene rings is 10. The quantitative estimate of drug-likeness (QED) is 0.150. The van der Waals surface area contributed by atoms with Crippen molar-refractivity contribution in [1.29, 1.82) is 0 Å². The Morgan fingerprint density at radius 3 is 1.27 bits per heavy atom. The van der Waals surface area contributed by atoms with Gasteiger partial charge in [0.2, 0.25) is 0 Å². The topological polar surface area (TPSA) is 3.24 Å². The molecule has 0 saturated heterocycles. The zero-order valence-electron chi connectivity index (χ0n) is 41.3. The van der Waals surface area contributed by atoms with E-state index >= 15 is 0 Å². The summed E-state index contributed by atoms with van der Waals surface area (Å²) in [6, 6.07) is 86.1. The summed E-state index contributed by atoms with van der Waals surface area (Å²) in [6.07, 6.45) is 0. The highest BCUT2D eigenvalue weighted by atomic mass is 28.3. The fourth-order valence-electron chi connectivity index (χ4n) is 13.8. The summed E-state index contributed by atoms with van der Waals surface area (Å²) in [5.41, 5.74) is 24.6. The molecule has 14 rings (SSSR count). The Morgan fingerprint density at radius 1 is 0.268 bits per heavy atom. The van der Waals surface area contributed by atoms with Crippen molar-refractivity contribution in [3.63, 3.8) is 0 Å². The average Bonchev–Trinajstić information content (AvgIpc) is 4.01. The molecule has 0 bridgehead atoms. The van der Waals surface area contributed by atoms with E-state index in [4.69, 9.17) is 0 Å². The van der Waals surface area contributed by atoms with Gasteiger partial charge < -0.3 is 4.90 Å². The zero-order valence-corrected chi connectivity index (χ0v) is 42.3. The molecule has 0 radical (unpaired) electrons. The standard InChI is InChI=1S/C69H55NSi/c1-67(2)59-27-14-10-23-51(59)53-36-32-47(42-63(53)67)70(48-33-37-54-52-24-11-15-28-60(52)68(3,4)64(54)43-48)46-34-38-61-58(41-46)55-35-31-45(40-62(55)69(61,5)6)44-19-18-22-50(39-44)71(49-20-8-7-9-21-49)65-29-16-12-25-56(65)57-26-13-17-30-66(57)71/h7-43H,1-6H3. The summed E-state index contributed by atoms with van der Waals surface area (Å²) in [6.45, 7) is 14.4. The van der Waals surface area contributed by atoms with Crippen LogP contribution in [0.2, 0.25) is 0 Å². The number of rotatable bonds is 6. The molecular formula is C69H55NSi. The molecule has 1 heterocycles. The molecule has 4 aliphatic rings. The lowest BCUT2D eigenvalue weighted by Crippen LogP contribution is -2.72. The van der Waals surface area contributed by atoms with Gasteiger partial charge in [-0.25, -0.2) is 0 Å². The summed E-state index contributed by atoms with van der Waals surface area (Å²) in [5, 5.41) is 5.79. The van der Waals surface area contributed by atoms with E-state index in [0.717, 1.165) is 0 Å². The summed E-state index contributed by atoms with van der Waals surface area (Å²) < 4.78 is 0. The Hall–Kier alpha value is -7.78. The molecule has 0 atom stereocenters. The van der Waals surface area contributed by atoms with Crippen molar-refractivity contribution in [3.05, 3.63) is 258 Å². The Morgan fingerprint density at radius 2 is 0.676 bits per heavy atom. The van der Waals surface area contributed by atoms with Crippen LogP contribution in [0, 0.1) is 0 Å². The number of fused-ring (bicyclic) bond motifs is 12. The SMILES string of the molecule is CC1(C)c2ccc(N(c3ccc4c(c3)C(C)(C)c3ccccc3-4)c3ccc4c(c3)C(C)(C)c3ccccc3-4)cc2-c2ccc(-c3cccc([Si]4(c5ccccc5)c5ccccc5-c5ccccc54)c3)cc21. The van der Waals surface area contributed by atoms with Crippen LogP contribution in [0.25, 0.3) is 55.6 Å². The van der Waals surface area contributed by atoms with Crippen molar-refractivity contribution in [3.8, 4) is 55.6 Å². The first kappa shape index (κ1) is 42.1. The molecule has 2 heteroatoms. The minimum Gasteiger partial charge on any atom is -0.310 e. The summed E-state index contributed by atoms with van der Waals surface area (Å²) in [7, 11) is -2.63. The molecule has 71 heavy (non-hydrogen) atoms. The van der Waals surface area contributed by atoms with Crippen LogP contribution in [0.3, 0.4) is 0 Å². The molecule has 0 amide bonds. The van der Waals surface area contributed by atoms with E-state index in [1.807, 2.05) is 0 Å². The van der Waals surface area contributed by atoms with Crippen molar-refractivity contribution in [1.82, 2.24) is 0 Å². The first-order chi connectivity index (χ1) is 34.5. The van der Waals surface area contributed by atoms with Gasteiger partial charge in [-0.1, -0.05) is 224 Å². The highest BCUT2D eigenvalue weighted by Crippen LogP contribution is 2.55. The first-order valence-corrected chi connectivity index (χ1v) is 27.4. The van der Waals surface area contributed by atoms with Gasteiger partial charge in [-0.3, -0.25) is 0 Å². The molecule has 340 valence electrons. The molecule has 0 spiro atoms. The fraction of sp³-hybridized carbons (Fsp3) is 0.130. The smallest absolute Gasteiger partial charge is 0.180 e. The van der Waals surface area contributed by atoms with Gasteiger partial charge in [-0.15, -0.1) is 0 Å². The summed E-state index contributed by atoms with van der Waals surface area (Å²) in [5.74, 6) is 0. The van der Waals surface area contributed by atoms with Crippen LogP contribution in [-0.2, 0) is 16.2 Å². The van der Waals surface area contributed by atoms with Crippen LogP contribution in [0.4, 0.5) is 17.1 Å². The highest BCUT2D eigenvalue weighted by molar-refractivity contribution is 7.22. The third-order valence-electron chi connectivity index (χ3n) is 17.4. The van der Waals surface area contributed by atoms with Gasteiger partial charge in [0, 0.05) is 33.3 Å². The fourth-order valence-corrected chi connectivity index (χ4v) is 19.0. The van der Waals surface area contributed by atoms with Gasteiger partial charge >= 0.3 is 0 Å². The lowest BCUT2D eigenvalue weighted by atomic mass is 9.81.